The monoisotopic (exact) mass is 202 g/mol. The summed E-state index contributed by atoms with van der Waals surface area (Å²) in [5.41, 5.74) is -0.216. The second kappa shape index (κ2) is 5.72. The van der Waals surface area contributed by atoms with Gasteiger partial charge in [-0.2, -0.15) is 0 Å². The first-order valence-electron chi connectivity index (χ1n) is 5.57. The first-order valence-corrected chi connectivity index (χ1v) is 5.57. The molecule has 0 aromatic rings. The van der Waals surface area contributed by atoms with Gasteiger partial charge in [0.1, 0.15) is 0 Å². The second-order valence-electron chi connectivity index (χ2n) is 5.60. The van der Waals surface area contributed by atoms with E-state index in [1.54, 1.807) is 0 Å². The lowest BCUT2D eigenvalue weighted by atomic mass is 9.95. The standard InChI is InChI=1S/C12H26O2/c1-9(2)8-10(3)11(4)13-14-12(5,6)7/h9-11H,8H2,1-7H3. The first kappa shape index (κ1) is 13.9. The van der Waals surface area contributed by atoms with Gasteiger partial charge in [-0.05, 0) is 46.0 Å². The predicted molar refractivity (Wildman–Crippen MR) is 60.0 cm³/mol. The molecule has 0 aliphatic rings. The van der Waals surface area contributed by atoms with E-state index < -0.39 is 0 Å². The van der Waals surface area contributed by atoms with E-state index in [-0.39, 0.29) is 11.7 Å². The van der Waals surface area contributed by atoms with E-state index in [9.17, 15) is 0 Å². The van der Waals surface area contributed by atoms with Crippen molar-refractivity contribution in [3.8, 4) is 0 Å². The van der Waals surface area contributed by atoms with Crippen LogP contribution < -0.4 is 0 Å². The van der Waals surface area contributed by atoms with Gasteiger partial charge in [-0.3, -0.25) is 0 Å². The summed E-state index contributed by atoms with van der Waals surface area (Å²) in [6.45, 7) is 14.7. The summed E-state index contributed by atoms with van der Waals surface area (Å²) in [5, 5.41) is 0. The zero-order valence-corrected chi connectivity index (χ0v) is 10.8. The molecule has 0 amide bonds. The van der Waals surface area contributed by atoms with Gasteiger partial charge in [0.05, 0.1) is 11.7 Å². The van der Waals surface area contributed by atoms with Crippen LogP contribution in [0.5, 0.6) is 0 Å². The molecule has 0 fully saturated rings. The summed E-state index contributed by atoms with van der Waals surface area (Å²) in [7, 11) is 0. The molecule has 0 N–H and O–H groups in total. The van der Waals surface area contributed by atoms with Gasteiger partial charge in [-0.15, -0.1) is 0 Å². The molecule has 0 aromatic heterocycles. The van der Waals surface area contributed by atoms with Gasteiger partial charge in [-0.25, -0.2) is 9.78 Å². The average Bonchev–Trinajstić information content (AvgIpc) is 1.97. The third-order valence-electron chi connectivity index (χ3n) is 2.09. The van der Waals surface area contributed by atoms with Crippen LogP contribution in [0.2, 0.25) is 0 Å². The summed E-state index contributed by atoms with van der Waals surface area (Å²) >= 11 is 0. The molecule has 2 nitrogen and oxygen atoms in total. The Balaban J connectivity index is 3.78. The molecule has 2 unspecified atom stereocenters. The van der Waals surface area contributed by atoms with E-state index in [0.29, 0.717) is 11.8 Å². The number of hydrogen-bond acceptors (Lipinski definition) is 2. The van der Waals surface area contributed by atoms with Crippen molar-refractivity contribution < 1.29 is 9.78 Å². The van der Waals surface area contributed by atoms with Crippen molar-refractivity contribution in [1.82, 2.24) is 0 Å². The Morgan fingerprint density at radius 2 is 1.50 bits per heavy atom. The highest BCUT2D eigenvalue weighted by molar-refractivity contribution is 4.62. The number of hydrogen-bond donors (Lipinski definition) is 0. The fourth-order valence-corrected chi connectivity index (χ4v) is 1.25. The van der Waals surface area contributed by atoms with Crippen LogP contribution in [-0.4, -0.2) is 11.7 Å². The third kappa shape index (κ3) is 7.34. The lowest BCUT2D eigenvalue weighted by molar-refractivity contribution is -0.376. The van der Waals surface area contributed by atoms with Gasteiger partial charge in [0.2, 0.25) is 0 Å². The van der Waals surface area contributed by atoms with Crippen LogP contribution in [-0.2, 0) is 9.78 Å². The smallest absolute Gasteiger partial charge is 0.0952 e. The highest BCUT2D eigenvalue weighted by Crippen LogP contribution is 2.19. The zero-order chi connectivity index (χ0) is 11.4. The van der Waals surface area contributed by atoms with Crippen molar-refractivity contribution in [2.45, 2.75) is 66.6 Å². The topological polar surface area (TPSA) is 18.5 Å². The molecule has 2 heteroatoms. The molecule has 86 valence electrons. The van der Waals surface area contributed by atoms with E-state index in [2.05, 4.69) is 27.7 Å². The highest BCUT2D eigenvalue weighted by Gasteiger charge is 2.19. The molecule has 0 bridgehead atoms. The van der Waals surface area contributed by atoms with Crippen molar-refractivity contribution >= 4 is 0 Å². The maximum absolute atomic E-state index is 5.37. The van der Waals surface area contributed by atoms with Gasteiger partial charge in [-0.1, -0.05) is 20.8 Å². The fraction of sp³-hybridized carbons (Fsp3) is 1.00. The summed E-state index contributed by atoms with van der Waals surface area (Å²) in [6.07, 6.45) is 1.34. The molecular formula is C12H26O2. The van der Waals surface area contributed by atoms with Crippen LogP contribution >= 0.6 is 0 Å². The minimum absolute atomic E-state index is 0.164. The quantitative estimate of drug-likeness (QED) is 0.498. The third-order valence-corrected chi connectivity index (χ3v) is 2.09. The largest absolute Gasteiger partial charge is 0.233 e. The van der Waals surface area contributed by atoms with E-state index in [1.807, 2.05) is 20.8 Å². The Labute approximate surface area is 88.9 Å². The molecular weight excluding hydrogens is 176 g/mol. The zero-order valence-electron chi connectivity index (χ0n) is 10.8. The van der Waals surface area contributed by atoms with Crippen molar-refractivity contribution in [3.05, 3.63) is 0 Å². The molecule has 0 saturated carbocycles. The Hall–Kier alpha value is -0.0800. The van der Waals surface area contributed by atoms with E-state index >= 15 is 0 Å². The fourth-order valence-electron chi connectivity index (χ4n) is 1.25. The summed E-state index contributed by atoms with van der Waals surface area (Å²) < 4.78 is 0. The second-order valence-corrected chi connectivity index (χ2v) is 5.60. The van der Waals surface area contributed by atoms with Crippen LogP contribution in [0.1, 0.15) is 54.9 Å². The summed E-state index contributed by atoms with van der Waals surface area (Å²) in [4.78, 5) is 10.7. The van der Waals surface area contributed by atoms with Gasteiger partial charge < -0.3 is 0 Å². The van der Waals surface area contributed by atoms with Crippen molar-refractivity contribution in [2.75, 3.05) is 0 Å². The predicted octanol–water partition coefficient (Wildman–Crippen LogP) is 3.80. The maximum Gasteiger partial charge on any atom is 0.0952 e. The highest BCUT2D eigenvalue weighted by atomic mass is 17.2. The molecule has 0 aliphatic heterocycles. The van der Waals surface area contributed by atoms with Crippen molar-refractivity contribution in [1.29, 1.82) is 0 Å². The molecule has 0 heterocycles. The normalized spacial score (nSPS) is 17.1. The lowest BCUT2D eigenvalue weighted by Gasteiger charge is -2.25. The Morgan fingerprint density at radius 3 is 1.86 bits per heavy atom. The first-order chi connectivity index (χ1) is 6.22. The van der Waals surface area contributed by atoms with Crippen molar-refractivity contribution in [3.63, 3.8) is 0 Å². The summed E-state index contributed by atoms with van der Waals surface area (Å²) in [5.74, 6) is 1.25. The molecule has 0 aliphatic carbocycles. The molecule has 0 saturated heterocycles. The minimum atomic E-state index is -0.216. The van der Waals surface area contributed by atoms with Gasteiger partial charge in [0.15, 0.2) is 0 Å². The summed E-state index contributed by atoms with van der Waals surface area (Å²) in [6, 6.07) is 0. The molecule has 0 spiro atoms. The van der Waals surface area contributed by atoms with Gasteiger partial charge in [0, 0.05) is 0 Å². The molecule has 0 rings (SSSR count). The van der Waals surface area contributed by atoms with Crippen LogP contribution in [0.15, 0.2) is 0 Å². The van der Waals surface area contributed by atoms with Gasteiger partial charge >= 0.3 is 0 Å². The minimum Gasteiger partial charge on any atom is -0.233 e. The SMILES string of the molecule is CC(C)CC(C)C(C)OOC(C)(C)C. The average molecular weight is 202 g/mol. The van der Waals surface area contributed by atoms with Crippen LogP contribution in [0.25, 0.3) is 0 Å². The van der Waals surface area contributed by atoms with E-state index in [4.69, 9.17) is 9.78 Å². The number of rotatable bonds is 5. The Morgan fingerprint density at radius 1 is 1.00 bits per heavy atom. The van der Waals surface area contributed by atoms with Crippen LogP contribution in [0.3, 0.4) is 0 Å². The van der Waals surface area contributed by atoms with Crippen LogP contribution in [0, 0.1) is 11.8 Å². The lowest BCUT2D eigenvalue weighted by Crippen LogP contribution is -2.26. The molecule has 0 radical (unpaired) electrons. The molecule has 2 atom stereocenters. The molecule has 0 aromatic carbocycles. The Bertz CT molecular complexity index is 147. The van der Waals surface area contributed by atoms with E-state index in [1.165, 1.54) is 6.42 Å². The maximum atomic E-state index is 5.37. The van der Waals surface area contributed by atoms with E-state index in [0.717, 1.165) is 0 Å². The van der Waals surface area contributed by atoms with Gasteiger partial charge in [0.25, 0.3) is 0 Å². The molecule has 14 heavy (non-hydrogen) atoms. The van der Waals surface area contributed by atoms with Crippen LogP contribution in [0.4, 0.5) is 0 Å². The Kier molecular flexibility index (Phi) is 5.68. The van der Waals surface area contributed by atoms with Crippen molar-refractivity contribution in [2.24, 2.45) is 11.8 Å².